The molecule has 0 saturated carbocycles. The van der Waals surface area contributed by atoms with Crippen molar-refractivity contribution in [3.63, 3.8) is 0 Å². The first kappa shape index (κ1) is 17.6. The molecule has 23 heavy (non-hydrogen) atoms. The molecule has 0 bridgehead atoms. The SMILES string of the molecule is CO[C@H]1O[C@H](COC(=O)Cc2ccc(O)cc2)[C@@H](O)[C@H](O)[C@H]1O. The van der Waals surface area contributed by atoms with Gasteiger partial charge in [-0.15, -0.1) is 0 Å². The van der Waals surface area contributed by atoms with Crippen LogP contribution < -0.4 is 0 Å². The Bertz CT molecular complexity index is 515. The molecule has 1 aromatic rings. The van der Waals surface area contributed by atoms with Crippen LogP contribution in [0.2, 0.25) is 0 Å². The number of esters is 1. The number of aromatic hydroxyl groups is 1. The Morgan fingerprint density at radius 3 is 2.39 bits per heavy atom. The quantitative estimate of drug-likeness (QED) is 0.504. The zero-order chi connectivity index (χ0) is 17.0. The van der Waals surface area contributed by atoms with Crippen LogP contribution in [0.25, 0.3) is 0 Å². The van der Waals surface area contributed by atoms with Gasteiger partial charge in [-0.05, 0) is 17.7 Å². The van der Waals surface area contributed by atoms with Crippen LogP contribution in [0, 0.1) is 0 Å². The smallest absolute Gasteiger partial charge is 0.310 e. The first-order valence-electron chi connectivity index (χ1n) is 7.08. The highest BCUT2D eigenvalue weighted by atomic mass is 16.7. The predicted molar refractivity (Wildman–Crippen MR) is 76.5 cm³/mol. The number of aliphatic hydroxyl groups is 3. The summed E-state index contributed by atoms with van der Waals surface area (Å²) < 4.78 is 15.1. The number of carbonyl (C=O) groups excluding carboxylic acids is 1. The molecular formula is C15H20O8. The van der Waals surface area contributed by atoms with Gasteiger partial charge in [-0.2, -0.15) is 0 Å². The molecule has 2 rings (SSSR count). The molecule has 4 N–H and O–H groups in total. The fraction of sp³-hybridized carbons (Fsp3) is 0.533. The van der Waals surface area contributed by atoms with E-state index in [2.05, 4.69) is 0 Å². The first-order valence-corrected chi connectivity index (χ1v) is 7.08. The second kappa shape index (κ2) is 7.71. The van der Waals surface area contributed by atoms with E-state index in [4.69, 9.17) is 14.2 Å². The van der Waals surface area contributed by atoms with E-state index in [0.29, 0.717) is 5.56 Å². The molecule has 0 spiro atoms. The molecule has 1 heterocycles. The third-order valence-electron chi connectivity index (χ3n) is 3.59. The zero-order valence-corrected chi connectivity index (χ0v) is 12.5. The van der Waals surface area contributed by atoms with E-state index in [-0.39, 0.29) is 18.8 Å². The topological polar surface area (TPSA) is 126 Å². The lowest BCUT2D eigenvalue weighted by Gasteiger charge is -2.39. The number of hydrogen-bond acceptors (Lipinski definition) is 8. The van der Waals surface area contributed by atoms with Gasteiger partial charge in [-0.3, -0.25) is 4.79 Å². The van der Waals surface area contributed by atoms with E-state index in [0.717, 1.165) is 0 Å². The lowest BCUT2D eigenvalue weighted by molar-refractivity contribution is -0.295. The minimum absolute atomic E-state index is 0.0119. The highest BCUT2D eigenvalue weighted by Gasteiger charge is 2.44. The third kappa shape index (κ3) is 4.40. The van der Waals surface area contributed by atoms with Crippen molar-refractivity contribution < 1.29 is 39.4 Å². The third-order valence-corrected chi connectivity index (χ3v) is 3.59. The molecule has 5 atom stereocenters. The standard InChI is InChI=1S/C15H20O8/c1-21-15-14(20)13(19)12(18)10(23-15)7-22-11(17)6-8-2-4-9(16)5-3-8/h2-5,10,12-16,18-20H,6-7H2,1H3/t10-,12-,13+,14-,15+/m1/s1. The molecule has 1 fully saturated rings. The maximum atomic E-state index is 11.8. The van der Waals surface area contributed by atoms with Crippen LogP contribution in [0.15, 0.2) is 24.3 Å². The van der Waals surface area contributed by atoms with Crippen LogP contribution >= 0.6 is 0 Å². The minimum atomic E-state index is -1.46. The molecule has 128 valence electrons. The number of methoxy groups -OCH3 is 1. The van der Waals surface area contributed by atoms with Crippen molar-refractivity contribution in [2.75, 3.05) is 13.7 Å². The van der Waals surface area contributed by atoms with E-state index >= 15 is 0 Å². The number of carbonyl (C=O) groups is 1. The summed E-state index contributed by atoms with van der Waals surface area (Å²) in [6.45, 7) is -0.290. The monoisotopic (exact) mass is 328 g/mol. The maximum Gasteiger partial charge on any atom is 0.310 e. The van der Waals surface area contributed by atoms with Gasteiger partial charge in [-0.1, -0.05) is 12.1 Å². The lowest BCUT2D eigenvalue weighted by Crippen LogP contribution is -2.59. The first-order chi connectivity index (χ1) is 10.9. The van der Waals surface area contributed by atoms with E-state index in [1.54, 1.807) is 12.1 Å². The largest absolute Gasteiger partial charge is 0.508 e. The summed E-state index contributed by atoms with van der Waals surface area (Å²) in [5, 5.41) is 38.4. The minimum Gasteiger partial charge on any atom is -0.508 e. The maximum absolute atomic E-state index is 11.8. The molecule has 0 amide bonds. The van der Waals surface area contributed by atoms with E-state index in [1.165, 1.54) is 19.2 Å². The number of rotatable bonds is 5. The van der Waals surface area contributed by atoms with Crippen molar-refractivity contribution in [3.05, 3.63) is 29.8 Å². The normalized spacial score (nSPS) is 30.9. The van der Waals surface area contributed by atoms with Gasteiger partial charge >= 0.3 is 5.97 Å². The molecule has 0 unspecified atom stereocenters. The molecule has 0 radical (unpaired) electrons. The lowest BCUT2D eigenvalue weighted by atomic mass is 9.99. The highest BCUT2D eigenvalue weighted by molar-refractivity contribution is 5.72. The number of hydrogen-bond donors (Lipinski definition) is 4. The van der Waals surface area contributed by atoms with Crippen LogP contribution in [0.4, 0.5) is 0 Å². The Balaban J connectivity index is 1.86. The number of phenolic OH excluding ortho intramolecular Hbond substituents is 1. The highest BCUT2D eigenvalue weighted by Crippen LogP contribution is 2.22. The number of phenols is 1. The molecular weight excluding hydrogens is 308 g/mol. The zero-order valence-electron chi connectivity index (χ0n) is 12.5. The van der Waals surface area contributed by atoms with Gasteiger partial charge in [0.05, 0.1) is 6.42 Å². The van der Waals surface area contributed by atoms with Gasteiger partial charge in [0.1, 0.15) is 36.8 Å². The Morgan fingerprint density at radius 1 is 1.13 bits per heavy atom. The van der Waals surface area contributed by atoms with Crippen molar-refractivity contribution in [1.82, 2.24) is 0 Å². The molecule has 1 aromatic carbocycles. The van der Waals surface area contributed by atoms with Gasteiger partial charge < -0.3 is 34.6 Å². The second-order valence-electron chi connectivity index (χ2n) is 5.28. The summed E-state index contributed by atoms with van der Waals surface area (Å²) in [7, 11) is 1.28. The number of ether oxygens (including phenoxy) is 3. The number of aliphatic hydroxyl groups excluding tert-OH is 3. The fourth-order valence-corrected chi connectivity index (χ4v) is 2.26. The predicted octanol–water partition coefficient (Wildman–Crippen LogP) is -1.07. The summed E-state index contributed by atoms with van der Waals surface area (Å²) in [5.41, 5.74) is 0.656. The van der Waals surface area contributed by atoms with Crippen LogP contribution in [0.5, 0.6) is 5.75 Å². The van der Waals surface area contributed by atoms with Crippen LogP contribution in [0.1, 0.15) is 5.56 Å². The van der Waals surface area contributed by atoms with Crippen LogP contribution in [0.3, 0.4) is 0 Å². The molecule has 1 aliphatic heterocycles. The average molecular weight is 328 g/mol. The summed E-state index contributed by atoms with van der Waals surface area (Å²) in [5.74, 6) is -0.458. The molecule has 1 aliphatic rings. The Morgan fingerprint density at radius 2 is 1.78 bits per heavy atom. The molecule has 0 aromatic heterocycles. The second-order valence-corrected chi connectivity index (χ2v) is 5.28. The van der Waals surface area contributed by atoms with Crippen molar-refractivity contribution in [2.24, 2.45) is 0 Å². The van der Waals surface area contributed by atoms with Crippen LogP contribution in [-0.2, 0) is 25.4 Å². The van der Waals surface area contributed by atoms with Gasteiger partial charge in [0.25, 0.3) is 0 Å². The fourth-order valence-electron chi connectivity index (χ4n) is 2.26. The van der Waals surface area contributed by atoms with Crippen molar-refractivity contribution >= 4 is 5.97 Å². The Hall–Kier alpha value is -1.71. The van der Waals surface area contributed by atoms with Gasteiger partial charge in [-0.25, -0.2) is 0 Å². The summed E-state index contributed by atoms with van der Waals surface area (Å²) in [6, 6.07) is 6.09. The van der Waals surface area contributed by atoms with Crippen molar-refractivity contribution in [3.8, 4) is 5.75 Å². The van der Waals surface area contributed by atoms with Gasteiger partial charge in [0, 0.05) is 7.11 Å². The van der Waals surface area contributed by atoms with E-state index in [9.17, 15) is 25.2 Å². The van der Waals surface area contributed by atoms with Gasteiger partial charge in [0.15, 0.2) is 6.29 Å². The van der Waals surface area contributed by atoms with E-state index < -0.39 is 36.7 Å². The van der Waals surface area contributed by atoms with Crippen LogP contribution in [-0.4, -0.2) is 70.8 Å². The molecule has 8 heteroatoms. The Labute approximate surface area is 132 Å². The number of benzene rings is 1. The summed E-state index contributed by atoms with van der Waals surface area (Å²) >= 11 is 0. The summed E-state index contributed by atoms with van der Waals surface area (Å²) in [4.78, 5) is 11.8. The van der Waals surface area contributed by atoms with Gasteiger partial charge in [0.2, 0.25) is 0 Å². The Kier molecular flexibility index (Phi) is 5.91. The average Bonchev–Trinajstić information content (AvgIpc) is 2.54. The molecule has 8 nitrogen and oxygen atoms in total. The van der Waals surface area contributed by atoms with Crippen molar-refractivity contribution in [2.45, 2.75) is 37.1 Å². The molecule has 0 aliphatic carbocycles. The van der Waals surface area contributed by atoms with Crippen molar-refractivity contribution in [1.29, 1.82) is 0 Å². The van der Waals surface area contributed by atoms with E-state index in [1.807, 2.05) is 0 Å². The summed E-state index contributed by atoms with van der Waals surface area (Å²) in [6.07, 6.45) is -6.40. The molecule has 1 saturated heterocycles.